The fourth-order valence-electron chi connectivity index (χ4n) is 3.27. The Morgan fingerprint density at radius 1 is 1.04 bits per heavy atom. The quantitative estimate of drug-likeness (QED) is 0.694. The molecule has 1 aromatic heterocycles. The third kappa shape index (κ3) is 3.27. The fourth-order valence-corrected chi connectivity index (χ4v) is 4.18. The molecule has 0 saturated carbocycles. The molecule has 3 nitrogen and oxygen atoms in total. The first-order valence-electron chi connectivity index (χ1n) is 8.66. The van der Waals surface area contributed by atoms with Gasteiger partial charge >= 0.3 is 0 Å². The lowest BCUT2D eigenvalue weighted by atomic mass is 9.88. The van der Waals surface area contributed by atoms with Gasteiger partial charge in [-0.25, -0.2) is 8.96 Å². The van der Waals surface area contributed by atoms with Crippen molar-refractivity contribution in [2.24, 2.45) is 5.92 Å². The summed E-state index contributed by atoms with van der Waals surface area (Å²) in [5, 5.41) is 0. The summed E-state index contributed by atoms with van der Waals surface area (Å²) in [4.78, 5) is 19.2. The van der Waals surface area contributed by atoms with Gasteiger partial charge in [-0.15, -0.1) is 0 Å². The number of aromatic nitrogens is 2. The Balaban J connectivity index is 1.90. The van der Waals surface area contributed by atoms with Crippen molar-refractivity contribution < 1.29 is 0 Å². The number of rotatable bonds is 3. The van der Waals surface area contributed by atoms with Crippen molar-refractivity contribution in [3.8, 4) is 11.4 Å². The zero-order valence-corrected chi connectivity index (χ0v) is 15.0. The molecule has 1 aliphatic rings. The summed E-state index contributed by atoms with van der Waals surface area (Å²) in [5.74, 6) is 1.28. The minimum Gasteiger partial charge on any atom is -0.268 e. The average molecular weight is 348 g/mol. The Labute approximate surface area is 151 Å². The summed E-state index contributed by atoms with van der Waals surface area (Å²) in [6.07, 6.45) is 2.82. The molecule has 0 radical (unpaired) electrons. The molecule has 3 aromatic rings. The van der Waals surface area contributed by atoms with Crippen molar-refractivity contribution in [1.82, 2.24) is 8.96 Å². The monoisotopic (exact) mass is 348 g/mol. The maximum absolute atomic E-state index is 13.3. The molecule has 2 aromatic carbocycles. The highest BCUT2D eigenvalue weighted by Gasteiger charge is 2.23. The van der Waals surface area contributed by atoms with Gasteiger partial charge in [0.15, 0.2) is 5.82 Å². The summed E-state index contributed by atoms with van der Waals surface area (Å²) in [6, 6.07) is 20.0. The molecule has 1 aliphatic carbocycles. The highest BCUT2D eigenvalue weighted by Crippen LogP contribution is 2.29. The second kappa shape index (κ2) is 6.89. The molecule has 0 amide bonds. The Morgan fingerprint density at radius 2 is 1.72 bits per heavy atom. The second-order valence-electron chi connectivity index (χ2n) is 6.58. The van der Waals surface area contributed by atoms with E-state index in [1.807, 2.05) is 60.7 Å². The van der Waals surface area contributed by atoms with Crippen LogP contribution in [0.4, 0.5) is 0 Å². The number of nitrogens with zero attached hydrogens (tertiary/aromatic N) is 2. The molecule has 0 fully saturated rings. The molecule has 1 atom stereocenters. The summed E-state index contributed by atoms with van der Waals surface area (Å²) in [6.45, 7) is 2.21. The van der Waals surface area contributed by atoms with Crippen LogP contribution in [-0.2, 0) is 12.8 Å². The zero-order valence-electron chi connectivity index (χ0n) is 14.2. The van der Waals surface area contributed by atoms with Crippen molar-refractivity contribution in [3.63, 3.8) is 0 Å². The Bertz CT molecular complexity index is 935. The maximum atomic E-state index is 13.3. The predicted octanol–water partition coefficient (Wildman–Crippen LogP) is 4.59. The standard InChI is InChI=1S/C21H20N2OS/c1-15-12-13-19-18(14-15)21(24)23(25-17-10-6-3-7-11-17)20(22-19)16-8-4-2-5-9-16/h2-11,15H,12-14H2,1H3. The topological polar surface area (TPSA) is 34.9 Å². The van der Waals surface area contributed by atoms with Gasteiger partial charge in [-0.3, -0.25) is 4.79 Å². The van der Waals surface area contributed by atoms with E-state index in [1.165, 1.54) is 11.9 Å². The van der Waals surface area contributed by atoms with Gasteiger partial charge in [0.1, 0.15) is 0 Å². The second-order valence-corrected chi connectivity index (χ2v) is 7.60. The van der Waals surface area contributed by atoms with Crippen LogP contribution in [0.25, 0.3) is 11.4 Å². The lowest BCUT2D eigenvalue weighted by Crippen LogP contribution is -2.29. The van der Waals surface area contributed by atoms with Gasteiger partial charge in [0.25, 0.3) is 5.56 Å². The SMILES string of the molecule is CC1CCc2nc(-c3ccccc3)n(Sc3ccccc3)c(=O)c2C1. The molecule has 0 N–H and O–H groups in total. The van der Waals surface area contributed by atoms with Gasteiger partial charge in [-0.05, 0) is 49.3 Å². The van der Waals surface area contributed by atoms with Gasteiger partial charge in [-0.1, -0.05) is 55.5 Å². The first-order valence-corrected chi connectivity index (χ1v) is 9.43. The smallest absolute Gasteiger partial charge is 0.267 e. The summed E-state index contributed by atoms with van der Waals surface area (Å²) < 4.78 is 1.77. The average Bonchev–Trinajstić information content (AvgIpc) is 2.66. The van der Waals surface area contributed by atoms with E-state index in [4.69, 9.17) is 4.98 Å². The number of benzene rings is 2. The molecule has 0 bridgehead atoms. The maximum Gasteiger partial charge on any atom is 0.267 e. The summed E-state index contributed by atoms with van der Waals surface area (Å²) in [7, 11) is 0. The Hall–Kier alpha value is -2.33. The number of hydrogen-bond donors (Lipinski definition) is 0. The van der Waals surface area contributed by atoms with E-state index >= 15 is 0 Å². The van der Waals surface area contributed by atoms with Crippen molar-refractivity contribution >= 4 is 11.9 Å². The Morgan fingerprint density at radius 3 is 2.44 bits per heavy atom. The van der Waals surface area contributed by atoms with Crippen molar-refractivity contribution in [1.29, 1.82) is 0 Å². The van der Waals surface area contributed by atoms with Crippen LogP contribution in [0.5, 0.6) is 0 Å². The molecular weight excluding hydrogens is 328 g/mol. The molecule has 126 valence electrons. The Kier molecular flexibility index (Phi) is 4.45. The van der Waals surface area contributed by atoms with Crippen LogP contribution in [0.1, 0.15) is 24.6 Å². The highest BCUT2D eigenvalue weighted by molar-refractivity contribution is 7.98. The van der Waals surface area contributed by atoms with Crippen molar-refractivity contribution in [3.05, 3.63) is 82.3 Å². The molecule has 25 heavy (non-hydrogen) atoms. The van der Waals surface area contributed by atoms with E-state index in [2.05, 4.69) is 6.92 Å². The molecule has 4 rings (SSSR count). The van der Waals surface area contributed by atoms with Gasteiger partial charge in [0, 0.05) is 16.0 Å². The molecule has 0 saturated heterocycles. The first-order chi connectivity index (χ1) is 12.2. The van der Waals surface area contributed by atoms with Gasteiger partial charge in [0.2, 0.25) is 0 Å². The zero-order chi connectivity index (χ0) is 17.2. The van der Waals surface area contributed by atoms with E-state index in [0.717, 1.165) is 46.8 Å². The summed E-state index contributed by atoms with van der Waals surface area (Å²) >= 11 is 1.45. The van der Waals surface area contributed by atoms with Crippen LogP contribution in [0, 0.1) is 5.92 Å². The largest absolute Gasteiger partial charge is 0.268 e. The minimum absolute atomic E-state index is 0.0873. The number of hydrogen-bond acceptors (Lipinski definition) is 3. The molecule has 4 heteroatoms. The van der Waals surface area contributed by atoms with Crippen LogP contribution in [-0.4, -0.2) is 8.96 Å². The third-order valence-corrected chi connectivity index (χ3v) is 5.63. The highest BCUT2D eigenvalue weighted by atomic mass is 32.2. The van der Waals surface area contributed by atoms with E-state index in [-0.39, 0.29) is 5.56 Å². The molecular formula is C21H20N2OS. The minimum atomic E-state index is 0.0873. The molecule has 0 spiro atoms. The lowest BCUT2D eigenvalue weighted by molar-refractivity contribution is 0.489. The molecule has 1 unspecified atom stereocenters. The van der Waals surface area contributed by atoms with Crippen molar-refractivity contribution in [2.45, 2.75) is 31.1 Å². The van der Waals surface area contributed by atoms with Gasteiger partial charge < -0.3 is 0 Å². The van der Waals surface area contributed by atoms with Crippen LogP contribution in [0.3, 0.4) is 0 Å². The number of aryl methyl sites for hydroxylation is 1. The summed E-state index contributed by atoms with van der Waals surface area (Å²) in [5.41, 5.74) is 2.93. The van der Waals surface area contributed by atoms with E-state index < -0.39 is 0 Å². The van der Waals surface area contributed by atoms with E-state index in [1.54, 1.807) is 3.97 Å². The normalized spacial score (nSPS) is 16.4. The van der Waals surface area contributed by atoms with Gasteiger partial charge in [-0.2, -0.15) is 0 Å². The van der Waals surface area contributed by atoms with Crippen molar-refractivity contribution in [2.75, 3.05) is 0 Å². The van der Waals surface area contributed by atoms with E-state index in [0.29, 0.717) is 5.92 Å². The van der Waals surface area contributed by atoms with Crippen LogP contribution in [0.2, 0.25) is 0 Å². The van der Waals surface area contributed by atoms with Gasteiger partial charge in [0.05, 0.1) is 5.69 Å². The number of fused-ring (bicyclic) bond motifs is 1. The predicted molar refractivity (Wildman–Crippen MR) is 103 cm³/mol. The van der Waals surface area contributed by atoms with E-state index in [9.17, 15) is 4.79 Å². The fraction of sp³-hybridized carbons (Fsp3) is 0.238. The first kappa shape index (κ1) is 16.2. The third-order valence-electron chi connectivity index (χ3n) is 4.62. The van der Waals surface area contributed by atoms with Crippen LogP contribution in [0.15, 0.2) is 70.4 Å². The molecule has 1 heterocycles. The lowest BCUT2D eigenvalue weighted by Gasteiger charge is -2.22. The van der Waals surface area contributed by atoms with Crippen LogP contribution >= 0.6 is 11.9 Å². The molecule has 0 aliphatic heterocycles. The van der Waals surface area contributed by atoms with Crippen LogP contribution < -0.4 is 5.56 Å².